The summed E-state index contributed by atoms with van der Waals surface area (Å²) in [5.41, 5.74) is 0.933. The maximum atomic E-state index is 12.5. The monoisotopic (exact) mass is 338 g/mol. The van der Waals surface area contributed by atoms with E-state index in [0.717, 1.165) is 24.1 Å². The maximum absolute atomic E-state index is 12.5. The number of alkyl halides is 3. The molecule has 0 bridgehead atoms. The summed E-state index contributed by atoms with van der Waals surface area (Å²) in [5.74, 6) is 0. The minimum absolute atomic E-state index is 0.0469. The summed E-state index contributed by atoms with van der Waals surface area (Å²) in [4.78, 5) is 0. The molecule has 2 aromatic carbocycles. The fourth-order valence-electron chi connectivity index (χ4n) is 2.17. The van der Waals surface area contributed by atoms with Crippen molar-refractivity contribution in [1.82, 2.24) is 5.32 Å². The maximum Gasteiger partial charge on any atom is 0.416 e. The predicted octanol–water partition coefficient (Wildman–Crippen LogP) is 5.14. The lowest BCUT2D eigenvalue weighted by Gasteiger charge is -2.20. The summed E-state index contributed by atoms with van der Waals surface area (Å²) in [6, 6.07) is 14.7. The topological polar surface area (TPSA) is 24.1 Å². The summed E-state index contributed by atoms with van der Waals surface area (Å²) >= 11 is 5.24. The van der Waals surface area contributed by atoms with E-state index in [-0.39, 0.29) is 6.04 Å². The van der Waals surface area contributed by atoms with Gasteiger partial charge in [0.25, 0.3) is 0 Å². The van der Waals surface area contributed by atoms with E-state index in [0.29, 0.717) is 10.8 Å². The Hall–Kier alpha value is -2.08. The number of nitrogens with one attached hydrogen (secondary N) is 2. The standard InChI is InChI=1S/C17H17F3N2S/c1-2-15(12-6-4-3-5-7-12)22-16(23)21-14-10-8-13(9-11-14)17(18,19)20/h3-11,15H,2H2,1H3,(H2,21,22,23)/t15-/m0/s1. The first-order valence-corrected chi connectivity index (χ1v) is 7.60. The number of thiocarbonyl (C=S) groups is 1. The zero-order valence-corrected chi connectivity index (χ0v) is 13.3. The van der Waals surface area contributed by atoms with Gasteiger partial charge in [0.2, 0.25) is 0 Å². The molecule has 2 nitrogen and oxygen atoms in total. The van der Waals surface area contributed by atoms with Gasteiger partial charge in [-0.3, -0.25) is 0 Å². The number of benzene rings is 2. The number of rotatable bonds is 4. The van der Waals surface area contributed by atoms with Crippen LogP contribution in [0.2, 0.25) is 0 Å². The lowest BCUT2D eigenvalue weighted by atomic mass is 10.1. The molecule has 0 aromatic heterocycles. The van der Waals surface area contributed by atoms with E-state index in [2.05, 4.69) is 10.6 Å². The smallest absolute Gasteiger partial charge is 0.356 e. The molecule has 0 saturated carbocycles. The molecule has 1 atom stereocenters. The SMILES string of the molecule is CC[C@H](NC(=S)Nc1ccc(C(F)(F)F)cc1)c1ccccc1. The van der Waals surface area contributed by atoms with Crippen LogP contribution in [0.3, 0.4) is 0 Å². The van der Waals surface area contributed by atoms with Crippen LogP contribution < -0.4 is 10.6 Å². The summed E-state index contributed by atoms with van der Waals surface area (Å²) in [6.07, 6.45) is -3.50. The van der Waals surface area contributed by atoms with Crippen LogP contribution in [0.15, 0.2) is 54.6 Å². The summed E-state index contributed by atoms with van der Waals surface area (Å²) < 4.78 is 37.6. The summed E-state index contributed by atoms with van der Waals surface area (Å²) in [5, 5.41) is 6.46. The van der Waals surface area contributed by atoms with Crippen molar-refractivity contribution in [2.45, 2.75) is 25.6 Å². The summed E-state index contributed by atoms with van der Waals surface area (Å²) in [7, 11) is 0. The van der Waals surface area contributed by atoms with E-state index in [1.807, 2.05) is 37.3 Å². The van der Waals surface area contributed by atoms with Gasteiger partial charge in [-0.15, -0.1) is 0 Å². The fraction of sp³-hybridized carbons (Fsp3) is 0.235. The number of hydrogen-bond acceptors (Lipinski definition) is 1. The first-order valence-electron chi connectivity index (χ1n) is 7.20. The Morgan fingerprint density at radius 1 is 1.04 bits per heavy atom. The molecule has 2 aromatic rings. The van der Waals surface area contributed by atoms with Crippen LogP contribution >= 0.6 is 12.2 Å². The average Bonchev–Trinajstić information content (AvgIpc) is 2.53. The molecule has 2 N–H and O–H groups in total. The molecule has 0 radical (unpaired) electrons. The number of hydrogen-bond donors (Lipinski definition) is 2. The average molecular weight is 338 g/mol. The zero-order valence-electron chi connectivity index (χ0n) is 12.5. The Balaban J connectivity index is 1.99. The van der Waals surface area contributed by atoms with Crippen molar-refractivity contribution in [3.8, 4) is 0 Å². The molecule has 0 heterocycles. The van der Waals surface area contributed by atoms with Gasteiger partial charge < -0.3 is 10.6 Å². The largest absolute Gasteiger partial charge is 0.416 e. The minimum Gasteiger partial charge on any atom is -0.356 e. The Labute approximate surface area is 138 Å². The Morgan fingerprint density at radius 2 is 1.65 bits per heavy atom. The van der Waals surface area contributed by atoms with E-state index in [1.165, 1.54) is 12.1 Å². The minimum atomic E-state index is -4.34. The fourth-order valence-corrected chi connectivity index (χ4v) is 2.43. The lowest BCUT2D eigenvalue weighted by molar-refractivity contribution is -0.137. The normalized spacial score (nSPS) is 12.5. The van der Waals surface area contributed by atoms with Crippen LogP contribution in [-0.4, -0.2) is 5.11 Å². The molecule has 0 aliphatic heterocycles. The van der Waals surface area contributed by atoms with E-state index < -0.39 is 11.7 Å². The molecule has 0 aliphatic rings. The van der Waals surface area contributed by atoms with Crippen LogP contribution in [0.4, 0.5) is 18.9 Å². The Kier molecular flexibility index (Phi) is 5.60. The van der Waals surface area contributed by atoms with Crippen molar-refractivity contribution in [2.75, 3.05) is 5.32 Å². The molecule has 23 heavy (non-hydrogen) atoms. The van der Waals surface area contributed by atoms with E-state index in [1.54, 1.807) is 0 Å². The van der Waals surface area contributed by atoms with Crippen LogP contribution in [0.5, 0.6) is 0 Å². The molecule has 0 amide bonds. The highest BCUT2D eigenvalue weighted by Gasteiger charge is 2.29. The van der Waals surface area contributed by atoms with Gasteiger partial charge in [-0.2, -0.15) is 13.2 Å². The van der Waals surface area contributed by atoms with Gasteiger partial charge in [-0.1, -0.05) is 37.3 Å². The second kappa shape index (κ2) is 7.46. The molecule has 0 fully saturated rings. The van der Waals surface area contributed by atoms with Crippen LogP contribution in [0.1, 0.15) is 30.5 Å². The van der Waals surface area contributed by atoms with Crippen LogP contribution in [0.25, 0.3) is 0 Å². The molecule has 0 saturated heterocycles. The van der Waals surface area contributed by atoms with Crippen LogP contribution in [0, 0.1) is 0 Å². The van der Waals surface area contributed by atoms with Gasteiger partial charge >= 0.3 is 6.18 Å². The Bertz CT molecular complexity index is 639. The van der Waals surface area contributed by atoms with Crippen molar-refractivity contribution >= 4 is 23.0 Å². The Morgan fingerprint density at radius 3 is 2.17 bits per heavy atom. The highest BCUT2D eigenvalue weighted by atomic mass is 32.1. The van der Waals surface area contributed by atoms with Gasteiger partial charge in [0, 0.05) is 5.69 Å². The van der Waals surface area contributed by atoms with Gasteiger partial charge in [0.05, 0.1) is 11.6 Å². The molecule has 0 spiro atoms. The van der Waals surface area contributed by atoms with Gasteiger partial charge in [-0.05, 0) is 48.5 Å². The first kappa shape index (κ1) is 17.3. The molecule has 2 rings (SSSR count). The molecule has 122 valence electrons. The summed E-state index contributed by atoms with van der Waals surface area (Å²) in [6.45, 7) is 2.03. The van der Waals surface area contributed by atoms with Crippen molar-refractivity contribution in [3.63, 3.8) is 0 Å². The van der Waals surface area contributed by atoms with E-state index in [4.69, 9.17) is 12.2 Å². The highest BCUT2D eigenvalue weighted by Crippen LogP contribution is 2.29. The third kappa shape index (κ3) is 4.96. The van der Waals surface area contributed by atoms with Crippen molar-refractivity contribution in [2.24, 2.45) is 0 Å². The predicted molar refractivity (Wildman–Crippen MR) is 90.3 cm³/mol. The first-order chi connectivity index (χ1) is 10.9. The van der Waals surface area contributed by atoms with Crippen molar-refractivity contribution in [3.05, 3.63) is 65.7 Å². The van der Waals surface area contributed by atoms with Crippen LogP contribution in [-0.2, 0) is 6.18 Å². The van der Waals surface area contributed by atoms with Crippen molar-refractivity contribution in [1.29, 1.82) is 0 Å². The molecular weight excluding hydrogens is 321 g/mol. The van der Waals surface area contributed by atoms with Gasteiger partial charge in [-0.25, -0.2) is 0 Å². The van der Waals surface area contributed by atoms with E-state index >= 15 is 0 Å². The molecular formula is C17H17F3N2S. The third-order valence-electron chi connectivity index (χ3n) is 3.39. The lowest BCUT2D eigenvalue weighted by Crippen LogP contribution is -2.32. The van der Waals surface area contributed by atoms with Crippen molar-refractivity contribution < 1.29 is 13.2 Å². The van der Waals surface area contributed by atoms with Gasteiger partial charge in [0.15, 0.2) is 5.11 Å². The quantitative estimate of drug-likeness (QED) is 0.755. The number of halogens is 3. The third-order valence-corrected chi connectivity index (χ3v) is 3.61. The number of anilines is 1. The molecule has 6 heteroatoms. The zero-order chi connectivity index (χ0) is 16.9. The second-order valence-electron chi connectivity index (χ2n) is 5.05. The van der Waals surface area contributed by atoms with Gasteiger partial charge in [0.1, 0.15) is 0 Å². The molecule has 0 unspecified atom stereocenters. The molecule has 0 aliphatic carbocycles. The highest BCUT2D eigenvalue weighted by molar-refractivity contribution is 7.80. The van der Waals surface area contributed by atoms with E-state index in [9.17, 15) is 13.2 Å². The second-order valence-corrected chi connectivity index (χ2v) is 5.45.